The van der Waals surface area contributed by atoms with Gasteiger partial charge in [-0.1, -0.05) is 19.3 Å². The molecule has 1 saturated heterocycles. The van der Waals surface area contributed by atoms with Crippen LogP contribution in [0, 0.1) is 17.8 Å². The van der Waals surface area contributed by atoms with Crippen LogP contribution in [0.1, 0.15) is 38.5 Å². The molecule has 4 atom stereocenters. The van der Waals surface area contributed by atoms with Crippen LogP contribution in [0.4, 0.5) is 0 Å². The fraction of sp³-hybridized carbons (Fsp3) is 1.00. The van der Waals surface area contributed by atoms with E-state index in [0.717, 1.165) is 30.5 Å². The highest BCUT2D eigenvalue weighted by Gasteiger charge is 2.40. The first-order valence-corrected chi connectivity index (χ1v) is 6.39. The second-order valence-corrected chi connectivity index (χ2v) is 5.41. The van der Waals surface area contributed by atoms with E-state index in [9.17, 15) is 0 Å². The Kier molecular flexibility index (Phi) is 2.50. The molecule has 2 saturated carbocycles. The van der Waals surface area contributed by atoms with Gasteiger partial charge in [0.05, 0.1) is 0 Å². The van der Waals surface area contributed by atoms with Crippen LogP contribution in [0.2, 0.25) is 0 Å². The summed E-state index contributed by atoms with van der Waals surface area (Å²) in [5.41, 5.74) is 0. The zero-order valence-electron chi connectivity index (χ0n) is 8.97. The van der Waals surface area contributed by atoms with E-state index in [1.165, 1.54) is 45.1 Å². The highest BCUT2D eigenvalue weighted by atomic mass is 15.1. The second kappa shape index (κ2) is 3.82. The molecule has 0 aromatic heterocycles. The number of hydrogen-bond donors (Lipinski definition) is 2. The van der Waals surface area contributed by atoms with Crippen molar-refractivity contribution in [2.75, 3.05) is 13.2 Å². The van der Waals surface area contributed by atoms with Crippen LogP contribution in [0.5, 0.6) is 0 Å². The lowest BCUT2D eigenvalue weighted by Gasteiger charge is -2.48. The predicted molar refractivity (Wildman–Crippen MR) is 58.0 cm³/mol. The van der Waals surface area contributed by atoms with Gasteiger partial charge in [0.15, 0.2) is 0 Å². The zero-order valence-corrected chi connectivity index (χ0v) is 8.97. The van der Waals surface area contributed by atoms with Gasteiger partial charge in [0.1, 0.15) is 0 Å². The minimum atomic E-state index is 0.857. The lowest BCUT2D eigenvalue weighted by atomic mass is 9.64. The average molecular weight is 194 g/mol. The fourth-order valence-electron chi connectivity index (χ4n) is 4.02. The summed E-state index contributed by atoms with van der Waals surface area (Å²) in [5, 5.41) is 7.18. The van der Waals surface area contributed by atoms with Gasteiger partial charge < -0.3 is 10.6 Å². The van der Waals surface area contributed by atoms with E-state index in [4.69, 9.17) is 0 Å². The molecule has 1 heterocycles. The topological polar surface area (TPSA) is 24.1 Å². The Balaban J connectivity index is 1.74. The van der Waals surface area contributed by atoms with E-state index in [1.54, 1.807) is 0 Å². The Morgan fingerprint density at radius 3 is 2.71 bits per heavy atom. The molecule has 2 nitrogen and oxygen atoms in total. The Labute approximate surface area is 86.8 Å². The van der Waals surface area contributed by atoms with Crippen molar-refractivity contribution in [2.24, 2.45) is 17.8 Å². The first-order valence-electron chi connectivity index (χ1n) is 6.39. The van der Waals surface area contributed by atoms with Gasteiger partial charge in [0.2, 0.25) is 0 Å². The molecule has 0 amide bonds. The van der Waals surface area contributed by atoms with E-state index in [0.29, 0.717) is 0 Å². The van der Waals surface area contributed by atoms with Crippen LogP contribution < -0.4 is 10.6 Å². The number of rotatable bonds is 0. The molecule has 1 aliphatic heterocycles. The smallest absolute Gasteiger partial charge is 0.0456 e. The molecular formula is C12H22N2. The van der Waals surface area contributed by atoms with Crippen molar-refractivity contribution in [2.45, 2.75) is 44.6 Å². The summed E-state index contributed by atoms with van der Waals surface area (Å²) in [4.78, 5) is 0. The first kappa shape index (κ1) is 9.17. The van der Waals surface area contributed by atoms with Crippen LogP contribution in [0.3, 0.4) is 0 Å². The van der Waals surface area contributed by atoms with Crippen LogP contribution in [0.25, 0.3) is 0 Å². The summed E-state index contributed by atoms with van der Waals surface area (Å²) in [6, 6.07) is 0.857. The molecule has 4 unspecified atom stereocenters. The summed E-state index contributed by atoms with van der Waals surface area (Å²) in [5.74, 6) is 3.02. The fourth-order valence-corrected chi connectivity index (χ4v) is 4.02. The van der Waals surface area contributed by atoms with Crippen molar-refractivity contribution in [1.82, 2.24) is 10.6 Å². The molecule has 0 aromatic carbocycles. The van der Waals surface area contributed by atoms with E-state index in [2.05, 4.69) is 10.6 Å². The maximum atomic E-state index is 3.71. The summed E-state index contributed by atoms with van der Waals surface area (Å²) in [6.45, 7) is 2.31. The third-order valence-electron chi connectivity index (χ3n) is 4.71. The summed E-state index contributed by atoms with van der Waals surface area (Å²) < 4.78 is 0. The third kappa shape index (κ3) is 1.49. The van der Waals surface area contributed by atoms with Crippen LogP contribution in [-0.4, -0.2) is 19.3 Å². The van der Waals surface area contributed by atoms with Gasteiger partial charge in [-0.2, -0.15) is 0 Å². The van der Waals surface area contributed by atoms with Crippen molar-refractivity contribution >= 4 is 0 Å². The van der Waals surface area contributed by atoms with E-state index in [-0.39, 0.29) is 0 Å². The van der Waals surface area contributed by atoms with Crippen molar-refractivity contribution in [3.63, 3.8) is 0 Å². The zero-order chi connectivity index (χ0) is 9.38. The van der Waals surface area contributed by atoms with E-state index in [1.807, 2.05) is 0 Å². The van der Waals surface area contributed by atoms with Crippen molar-refractivity contribution < 1.29 is 0 Å². The predicted octanol–water partition coefficient (Wildman–Crippen LogP) is 1.72. The minimum absolute atomic E-state index is 0.857. The standard InChI is InChI=1S/C12H22N2/c1-2-4-11-9(3-1)5-6-10-7-13-8-14-12(10)11/h9-14H,1-8H2. The van der Waals surface area contributed by atoms with Crippen LogP contribution >= 0.6 is 0 Å². The molecule has 3 fully saturated rings. The van der Waals surface area contributed by atoms with Gasteiger partial charge in [-0.15, -0.1) is 0 Å². The molecular weight excluding hydrogens is 172 g/mol. The Morgan fingerprint density at radius 1 is 0.857 bits per heavy atom. The van der Waals surface area contributed by atoms with Crippen molar-refractivity contribution in [1.29, 1.82) is 0 Å². The minimum Gasteiger partial charge on any atom is -0.304 e. The van der Waals surface area contributed by atoms with Crippen LogP contribution in [-0.2, 0) is 0 Å². The van der Waals surface area contributed by atoms with Gasteiger partial charge in [-0.25, -0.2) is 0 Å². The van der Waals surface area contributed by atoms with Gasteiger partial charge in [-0.05, 0) is 37.0 Å². The average Bonchev–Trinajstić information content (AvgIpc) is 2.29. The SMILES string of the molecule is C1CCC2C(C1)CCC1CNCNC12. The second-order valence-electron chi connectivity index (χ2n) is 5.41. The van der Waals surface area contributed by atoms with Gasteiger partial charge >= 0.3 is 0 Å². The number of hydrogen-bond acceptors (Lipinski definition) is 2. The van der Waals surface area contributed by atoms with Gasteiger partial charge in [0.25, 0.3) is 0 Å². The van der Waals surface area contributed by atoms with Gasteiger partial charge in [0, 0.05) is 19.3 Å². The molecule has 3 rings (SSSR count). The quantitative estimate of drug-likeness (QED) is 0.613. The highest BCUT2D eigenvalue weighted by Crippen LogP contribution is 2.43. The molecule has 2 N–H and O–H groups in total. The maximum Gasteiger partial charge on any atom is 0.0456 e. The molecule has 2 heteroatoms. The molecule has 14 heavy (non-hydrogen) atoms. The van der Waals surface area contributed by atoms with Crippen molar-refractivity contribution in [3.8, 4) is 0 Å². The van der Waals surface area contributed by atoms with E-state index < -0.39 is 0 Å². The summed E-state index contributed by atoms with van der Waals surface area (Å²) in [7, 11) is 0. The Morgan fingerprint density at radius 2 is 1.71 bits per heavy atom. The first-order chi connectivity index (χ1) is 6.95. The third-order valence-corrected chi connectivity index (χ3v) is 4.71. The molecule has 0 radical (unpaired) electrons. The molecule has 0 spiro atoms. The monoisotopic (exact) mass is 194 g/mol. The number of fused-ring (bicyclic) bond motifs is 3. The Hall–Kier alpha value is -0.0800. The van der Waals surface area contributed by atoms with E-state index >= 15 is 0 Å². The molecule has 80 valence electrons. The van der Waals surface area contributed by atoms with Crippen LogP contribution in [0.15, 0.2) is 0 Å². The Bertz CT molecular complexity index is 182. The molecule has 3 aliphatic rings. The summed E-state index contributed by atoms with van der Waals surface area (Å²) >= 11 is 0. The normalized spacial score (nSPS) is 48.0. The maximum absolute atomic E-state index is 3.71. The molecule has 0 aromatic rings. The lowest BCUT2D eigenvalue weighted by Crippen LogP contribution is -2.58. The largest absolute Gasteiger partial charge is 0.304 e. The molecule has 2 aliphatic carbocycles. The summed E-state index contributed by atoms with van der Waals surface area (Å²) in [6.07, 6.45) is 8.97. The lowest BCUT2D eigenvalue weighted by molar-refractivity contribution is 0.0637. The molecule has 0 bridgehead atoms. The number of nitrogens with one attached hydrogen (secondary N) is 2. The van der Waals surface area contributed by atoms with Crippen molar-refractivity contribution in [3.05, 3.63) is 0 Å². The van der Waals surface area contributed by atoms with Gasteiger partial charge in [-0.3, -0.25) is 0 Å². The highest BCUT2D eigenvalue weighted by molar-refractivity contribution is 4.95.